The summed E-state index contributed by atoms with van der Waals surface area (Å²) >= 11 is 0. The van der Waals surface area contributed by atoms with Gasteiger partial charge in [-0.25, -0.2) is 0 Å². The molecule has 3 rings (SSSR count). The van der Waals surface area contributed by atoms with Crippen LogP contribution in [0.15, 0.2) is 36.5 Å². The standard InChI is InChI=1S/C17H18N2O2/c1-11-7-15(16(21-2)10-18-11)13-5-3-12(4-6-13)14-8-17(20)19-9-14/h3-7,10,14H,8-9H2,1-2H3,(H,19,20). The lowest BCUT2D eigenvalue weighted by molar-refractivity contribution is -0.119. The molecule has 4 nitrogen and oxygen atoms in total. The fourth-order valence-electron chi connectivity index (χ4n) is 2.71. The van der Waals surface area contributed by atoms with Crippen molar-refractivity contribution in [1.29, 1.82) is 0 Å². The Labute approximate surface area is 124 Å². The summed E-state index contributed by atoms with van der Waals surface area (Å²) in [6, 6.07) is 10.4. The van der Waals surface area contributed by atoms with Crippen LogP contribution in [-0.2, 0) is 4.79 Å². The first kappa shape index (κ1) is 13.6. The fourth-order valence-corrected chi connectivity index (χ4v) is 2.71. The van der Waals surface area contributed by atoms with Crippen LogP contribution in [0.3, 0.4) is 0 Å². The average molecular weight is 282 g/mol. The number of rotatable bonds is 3. The molecule has 1 fully saturated rings. The van der Waals surface area contributed by atoms with E-state index in [1.165, 1.54) is 5.56 Å². The lowest BCUT2D eigenvalue weighted by Gasteiger charge is -2.11. The second-order valence-corrected chi connectivity index (χ2v) is 5.35. The topological polar surface area (TPSA) is 51.2 Å². The lowest BCUT2D eigenvalue weighted by Crippen LogP contribution is -2.13. The van der Waals surface area contributed by atoms with Gasteiger partial charge in [0.15, 0.2) is 0 Å². The summed E-state index contributed by atoms with van der Waals surface area (Å²) in [5, 5.41) is 2.87. The molecule has 1 atom stereocenters. The van der Waals surface area contributed by atoms with E-state index in [0.717, 1.165) is 29.1 Å². The molecule has 1 aromatic heterocycles. The third kappa shape index (κ3) is 2.75. The molecule has 0 saturated carbocycles. The molecule has 0 spiro atoms. The third-order valence-corrected chi connectivity index (χ3v) is 3.89. The molecule has 4 heteroatoms. The maximum atomic E-state index is 11.3. The van der Waals surface area contributed by atoms with Gasteiger partial charge in [0, 0.05) is 30.1 Å². The van der Waals surface area contributed by atoms with Crippen molar-refractivity contribution in [3.8, 4) is 16.9 Å². The molecular weight excluding hydrogens is 264 g/mol. The number of methoxy groups -OCH3 is 1. The van der Waals surface area contributed by atoms with Gasteiger partial charge in [-0.05, 0) is 24.1 Å². The molecule has 21 heavy (non-hydrogen) atoms. The van der Waals surface area contributed by atoms with Crippen molar-refractivity contribution in [2.45, 2.75) is 19.3 Å². The highest BCUT2D eigenvalue weighted by atomic mass is 16.5. The van der Waals surface area contributed by atoms with E-state index in [2.05, 4.69) is 34.6 Å². The minimum atomic E-state index is 0.135. The van der Waals surface area contributed by atoms with E-state index in [0.29, 0.717) is 6.42 Å². The number of carbonyl (C=O) groups excluding carboxylic acids is 1. The van der Waals surface area contributed by atoms with Gasteiger partial charge in [0.1, 0.15) is 5.75 Å². The number of pyridine rings is 1. The van der Waals surface area contributed by atoms with E-state index < -0.39 is 0 Å². The highest BCUT2D eigenvalue weighted by Crippen LogP contribution is 2.31. The SMILES string of the molecule is COc1cnc(C)cc1-c1ccc(C2CNC(=O)C2)cc1. The van der Waals surface area contributed by atoms with Crippen molar-refractivity contribution < 1.29 is 9.53 Å². The first-order valence-corrected chi connectivity index (χ1v) is 7.05. The fraction of sp³-hybridized carbons (Fsp3) is 0.294. The molecule has 0 radical (unpaired) electrons. The van der Waals surface area contributed by atoms with Crippen molar-refractivity contribution in [3.05, 3.63) is 47.8 Å². The number of aryl methyl sites for hydroxylation is 1. The largest absolute Gasteiger partial charge is 0.494 e. The van der Waals surface area contributed by atoms with Crippen LogP contribution < -0.4 is 10.1 Å². The van der Waals surface area contributed by atoms with Gasteiger partial charge in [0.05, 0.1) is 13.3 Å². The van der Waals surface area contributed by atoms with Crippen LogP contribution in [-0.4, -0.2) is 24.5 Å². The highest BCUT2D eigenvalue weighted by molar-refractivity contribution is 5.79. The molecule has 1 aliphatic rings. The number of benzene rings is 1. The maximum Gasteiger partial charge on any atom is 0.220 e. The summed E-state index contributed by atoms with van der Waals surface area (Å²) in [4.78, 5) is 15.6. The van der Waals surface area contributed by atoms with Gasteiger partial charge in [0.2, 0.25) is 5.91 Å². The second kappa shape index (κ2) is 5.56. The minimum Gasteiger partial charge on any atom is -0.494 e. The summed E-state index contributed by atoms with van der Waals surface area (Å²) < 4.78 is 5.38. The average Bonchev–Trinajstić information content (AvgIpc) is 2.94. The van der Waals surface area contributed by atoms with Gasteiger partial charge in [-0.2, -0.15) is 0 Å². The predicted molar refractivity (Wildman–Crippen MR) is 81.3 cm³/mol. The first-order valence-electron chi connectivity index (χ1n) is 7.05. The van der Waals surface area contributed by atoms with E-state index in [4.69, 9.17) is 4.74 Å². The van der Waals surface area contributed by atoms with Crippen molar-refractivity contribution in [2.24, 2.45) is 0 Å². The molecule has 108 valence electrons. The molecular formula is C17H18N2O2. The second-order valence-electron chi connectivity index (χ2n) is 5.35. The molecule has 1 aromatic carbocycles. The maximum absolute atomic E-state index is 11.3. The number of nitrogens with one attached hydrogen (secondary N) is 1. The number of carbonyl (C=O) groups is 1. The molecule has 2 aromatic rings. The Morgan fingerprint density at radius 3 is 2.67 bits per heavy atom. The zero-order valence-corrected chi connectivity index (χ0v) is 12.2. The molecule has 1 unspecified atom stereocenters. The number of hydrogen-bond donors (Lipinski definition) is 1. The Morgan fingerprint density at radius 2 is 2.05 bits per heavy atom. The molecule has 1 aliphatic heterocycles. The molecule has 2 heterocycles. The van der Waals surface area contributed by atoms with Crippen molar-refractivity contribution >= 4 is 5.91 Å². The quantitative estimate of drug-likeness (QED) is 0.941. The Kier molecular flexibility index (Phi) is 3.60. The molecule has 1 N–H and O–H groups in total. The number of aromatic nitrogens is 1. The Morgan fingerprint density at radius 1 is 1.29 bits per heavy atom. The first-order chi connectivity index (χ1) is 10.2. The van der Waals surface area contributed by atoms with Crippen molar-refractivity contribution in [2.75, 3.05) is 13.7 Å². The van der Waals surface area contributed by atoms with Crippen molar-refractivity contribution in [3.63, 3.8) is 0 Å². The van der Waals surface area contributed by atoms with Crippen LogP contribution >= 0.6 is 0 Å². The smallest absolute Gasteiger partial charge is 0.220 e. The summed E-state index contributed by atoms with van der Waals surface area (Å²) in [5.74, 6) is 1.19. The Bertz CT molecular complexity index is 665. The van der Waals surface area contributed by atoms with Crippen LogP contribution in [0.4, 0.5) is 0 Å². The Hall–Kier alpha value is -2.36. The summed E-state index contributed by atoms with van der Waals surface area (Å²) in [6.07, 6.45) is 2.33. The molecule has 0 aliphatic carbocycles. The number of amides is 1. The van der Waals surface area contributed by atoms with Gasteiger partial charge >= 0.3 is 0 Å². The summed E-state index contributed by atoms with van der Waals surface area (Å²) in [6.45, 7) is 2.70. The van der Waals surface area contributed by atoms with Crippen LogP contribution in [0.2, 0.25) is 0 Å². The molecule has 0 bridgehead atoms. The number of ether oxygens (including phenoxy) is 1. The van der Waals surface area contributed by atoms with Gasteiger partial charge in [0.25, 0.3) is 0 Å². The zero-order chi connectivity index (χ0) is 14.8. The monoisotopic (exact) mass is 282 g/mol. The Balaban J connectivity index is 1.90. The number of hydrogen-bond acceptors (Lipinski definition) is 3. The van der Waals surface area contributed by atoms with Crippen LogP contribution in [0.5, 0.6) is 5.75 Å². The van der Waals surface area contributed by atoms with Crippen molar-refractivity contribution in [1.82, 2.24) is 10.3 Å². The normalized spacial score (nSPS) is 17.6. The van der Waals surface area contributed by atoms with E-state index in [1.54, 1.807) is 13.3 Å². The van der Waals surface area contributed by atoms with Gasteiger partial charge in [-0.3, -0.25) is 9.78 Å². The molecule has 1 amide bonds. The van der Waals surface area contributed by atoms with E-state index in [9.17, 15) is 4.79 Å². The zero-order valence-electron chi connectivity index (χ0n) is 12.2. The van der Waals surface area contributed by atoms with E-state index in [1.807, 2.05) is 13.0 Å². The lowest BCUT2D eigenvalue weighted by atomic mass is 9.95. The summed E-state index contributed by atoms with van der Waals surface area (Å²) in [5.41, 5.74) is 4.29. The highest BCUT2D eigenvalue weighted by Gasteiger charge is 2.22. The van der Waals surface area contributed by atoms with Crippen LogP contribution in [0.1, 0.15) is 23.6 Å². The predicted octanol–water partition coefficient (Wildman–Crippen LogP) is 2.67. The van der Waals surface area contributed by atoms with Gasteiger partial charge < -0.3 is 10.1 Å². The number of nitrogens with zero attached hydrogens (tertiary/aromatic N) is 1. The third-order valence-electron chi connectivity index (χ3n) is 3.89. The molecule has 1 saturated heterocycles. The van der Waals surface area contributed by atoms with Gasteiger partial charge in [-0.15, -0.1) is 0 Å². The van der Waals surface area contributed by atoms with E-state index >= 15 is 0 Å². The minimum absolute atomic E-state index is 0.135. The van der Waals surface area contributed by atoms with Crippen LogP contribution in [0, 0.1) is 6.92 Å². The van der Waals surface area contributed by atoms with Gasteiger partial charge in [-0.1, -0.05) is 24.3 Å². The van der Waals surface area contributed by atoms with E-state index in [-0.39, 0.29) is 11.8 Å². The summed E-state index contributed by atoms with van der Waals surface area (Å²) in [7, 11) is 1.65. The van der Waals surface area contributed by atoms with Crippen LogP contribution in [0.25, 0.3) is 11.1 Å².